The molecule has 0 bridgehead atoms. The van der Waals surface area contributed by atoms with Gasteiger partial charge in [0.2, 0.25) is 0 Å². The molecule has 1 amide bonds. The molecule has 0 unspecified atom stereocenters. The summed E-state index contributed by atoms with van der Waals surface area (Å²) < 4.78 is 0. The minimum absolute atomic E-state index is 0.000506. The molecule has 3 heteroatoms. The largest absolute Gasteiger partial charge is 0.345 e. The van der Waals surface area contributed by atoms with Crippen molar-refractivity contribution in [2.75, 3.05) is 0 Å². The zero-order valence-corrected chi connectivity index (χ0v) is 10.8. The normalized spacial score (nSPS) is 12.1. The lowest BCUT2D eigenvalue weighted by atomic mass is 10.1. The monoisotopic (exact) mass is 245 g/mol. The number of hydrogen-bond donors (Lipinski definition) is 1. The van der Waals surface area contributed by atoms with Gasteiger partial charge in [-0.15, -0.1) is 11.3 Å². The topological polar surface area (TPSA) is 29.1 Å². The van der Waals surface area contributed by atoms with Gasteiger partial charge in [0.1, 0.15) is 0 Å². The Morgan fingerprint density at radius 1 is 1.18 bits per heavy atom. The Labute approximate surface area is 105 Å². The molecule has 1 N–H and O–H groups in total. The number of thiophene rings is 1. The van der Waals surface area contributed by atoms with E-state index in [1.54, 1.807) is 0 Å². The van der Waals surface area contributed by atoms with E-state index in [1.165, 1.54) is 11.3 Å². The molecule has 2 rings (SSSR count). The van der Waals surface area contributed by atoms with E-state index in [9.17, 15) is 4.79 Å². The van der Waals surface area contributed by atoms with Gasteiger partial charge in [-0.05, 0) is 31.5 Å². The lowest BCUT2D eigenvalue weighted by molar-refractivity contribution is 0.0944. The molecule has 0 radical (unpaired) electrons. The summed E-state index contributed by atoms with van der Waals surface area (Å²) in [6.45, 7) is 4.00. The number of hydrogen-bond acceptors (Lipinski definition) is 2. The first kappa shape index (κ1) is 11.9. The van der Waals surface area contributed by atoms with Crippen LogP contribution in [0.4, 0.5) is 0 Å². The maximum atomic E-state index is 11.9. The maximum absolute atomic E-state index is 11.9. The minimum Gasteiger partial charge on any atom is -0.345 e. The fourth-order valence-corrected chi connectivity index (χ4v) is 2.42. The molecule has 88 valence electrons. The Kier molecular flexibility index (Phi) is 3.59. The van der Waals surface area contributed by atoms with Crippen molar-refractivity contribution in [3.05, 3.63) is 57.8 Å². The number of nitrogens with one attached hydrogen (secondary N) is 1. The highest BCUT2D eigenvalue weighted by Crippen LogP contribution is 2.17. The molecular weight excluding hydrogens is 230 g/mol. The van der Waals surface area contributed by atoms with Gasteiger partial charge in [-0.3, -0.25) is 4.79 Å². The molecule has 2 nitrogen and oxygen atoms in total. The van der Waals surface area contributed by atoms with Gasteiger partial charge in [-0.1, -0.05) is 30.3 Å². The van der Waals surface area contributed by atoms with Crippen LogP contribution in [0.2, 0.25) is 0 Å². The molecule has 0 fully saturated rings. The van der Waals surface area contributed by atoms with E-state index in [0.717, 1.165) is 15.3 Å². The first-order valence-electron chi connectivity index (χ1n) is 5.59. The predicted molar refractivity (Wildman–Crippen MR) is 71.4 cm³/mol. The Hall–Kier alpha value is -1.61. The molecule has 0 saturated carbocycles. The third-order valence-electron chi connectivity index (χ3n) is 2.61. The van der Waals surface area contributed by atoms with Crippen molar-refractivity contribution in [1.82, 2.24) is 5.32 Å². The molecule has 17 heavy (non-hydrogen) atoms. The average molecular weight is 245 g/mol. The van der Waals surface area contributed by atoms with Crippen LogP contribution in [0.5, 0.6) is 0 Å². The Morgan fingerprint density at radius 2 is 1.88 bits per heavy atom. The fraction of sp³-hybridized carbons (Fsp3) is 0.214. The number of carbonyl (C=O) groups is 1. The second-order valence-electron chi connectivity index (χ2n) is 4.02. The molecule has 0 aliphatic carbocycles. The fourth-order valence-electron chi connectivity index (χ4n) is 1.65. The molecule has 1 atom stereocenters. The van der Waals surface area contributed by atoms with Crippen LogP contribution in [0.15, 0.2) is 42.5 Å². The Morgan fingerprint density at radius 3 is 2.47 bits per heavy atom. The SMILES string of the molecule is Cc1ccc(C(=O)N[C@@H](C)c2ccccc2)s1. The second-order valence-corrected chi connectivity index (χ2v) is 5.30. The zero-order valence-electron chi connectivity index (χ0n) is 9.94. The molecule has 0 spiro atoms. The van der Waals surface area contributed by atoms with E-state index in [2.05, 4.69) is 5.32 Å². The lowest BCUT2D eigenvalue weighted by Gasteiger charge is -2.13. The number of benzene rings is 1. The molecular formula is C14H15NOS. The van der Waals surface area contributed by atoms with Crippen molar-refractivity contribution in [2.45, 2.75) is 19.9 Å². The first-order chi connectivity index (χ1) is 8.16. The van der Waals surface area contributed by atoms with Crippen LogP contribution in [0.25, 0.3) is 0 Å². The zero-order chi connectivity index (χ0) is 12.3. The minimum atomic E-state index is -0.000506. The summed E-state index contributed by atoms with van der Waals surface area (Å²) in [6.07, 6.45) is 0. The van der Waals surface area contributed by atoms with Crippen LogP contribution < -0.4 is 5.32 Å². The molecule has 1 aromatic carbocycles. The summed E-state index contributed by atoms with van der Waals surface area (Å²) in [7, 11) is 0. The van der Waals surface area contributed by atoms with E-state index in [1.807, 2.05) is 56.3 Å². The molecule has 0 aliphatic heterocycles. The third-order valence-corrected chi connectivity index (χ3v) is 3.61. The molecule has 2 aromatic rings. The summed E-state index contributed by atoms with van der Waals surface area (Å²) in [5.74, 6) is -0.000506. The lowest BCUT2D eigenvalue weighted by Crippen LogP contribution is -2.25. The van der Waals surface area contributed by atoms with Crippen LogP contribution in [0, 0.1) is 6.92 Å². The molecule has 1 aromatic heterocycles. The van der Waals surface area contributed by atoms with Crippen LogP contribution >= 0.6 is 11.3 Å². The molecule has 0 aliphatic rings. The number of aryl methyl sites for hydroxylation is 1. The van der Waals surface area contributed by atoms with Crippen molar-refractivity contribution < 1.29 is 4.79 Å². The summed E-state index contributed by atoms with van der Waals surface area (Å²) in [4.78, 5) is 13.9. The highest BCUT2D eigenvalue weighted by molar-refractivity contribution is 7.13. The standard InChI is InChI=1S/C14H15NOS/c1-10-8-9-13(17-10)14(16)15-11(2)12-6-4-3-5-7-12/h3-9,11H,1-2H3,(H,15,16)/t11-/m0/s1. The Bertz CT molecular complexity index is 504. The van der Waals surface area contributed by atoms with E-state index in [0.29, 0.717) is 0 Å². The van der Waals surface area contributed by atoms with Crippen LogP contribution in [-0.4, -0.2) is 5.91 Å². The third kappa shape index (κ3) is 2.94. The van der Waals surface area contributed by atoms with Crippen molar-refractivity contribution >= 4 is 17.2 Å². The maximum Gasteiger partial charge on any atom is 0.261 e. The number of rotatable bonds is 3. The van der Waals surface area contributed by atoms with Gasteiger partial charge in [0.15, 0.2) is 0 Å². The summed E-state index contributed by atoms with van der Waals surface area (Å²) in [6, 6.07) is 13.8. The Balaban J connectivity index is 2.04. The van der Waals surface area contributed by atoms with E-state index >= 15 is 0 Å². The molecule has 1 heterocycles. The van der Waals surface area contributed by atoms with Crippen molar-refractivity contribution in [2.24, 2.45) is 0 Å². The van der Waals surface area contributed by atoms with Gasteiger partial charge in [-0.25, -0.2) is 0 Å². The van der Waals surface area contributed by atoms with E-state index in [4.69, 9.17) is 0 Å². The molecule has 0 saturated heterocycles. The van der Waals surface area contributed by atoms with E-state index in [-0.39, 0.29) is 11.9 Å². The van der Waals surface area contributed by atoms with Crippen LogP contribution in [0.1, 0.15) is 33.1 Å². The average Bonchev–Trinajstić information content (AvgIpc) is 2.77. The summed E-state index contributed by atoms with van der Waals surface area (Å²) in [5.41, 5.74) is 1.12. The van der Waals surface area contributed by atoms with Crippen LogP contribution in [-0.2, 0) is 0 Å². The summed E-state index contributed by atoms with van der Waals surface area (Å²) in [5, 5.41) is 3.00. The van der Waals surface area contributed by atoms with Gasteiger partial charge in [0.25, 0.3) is 5.91 Å². The van der Waals surface area contributed by atoms with Gasteiger partial charge in [0, 0.05) is 4.88 Å². The first-order valence-corrected chi connectivity index (χ1v) is 6.40. The van der Waals surface area contributed by atoms with Gasteiger partial charge >= 0.3 is 0 Å². The van der Waals surface area contributed by atoms with Crippen molar-refractivity contribution in [3.8, 4) is 0 Å². The number of carbonyl (C=O) groups excluding carboxylic acids is 1. The quantitative estimate of drug-likeness (QED) is 0.880. The predicted octanol–water partition coefficient (Wildman–Crippen LogP) is 3.55. The highest BCUT2D eigenvalue weighted by Gasteiger charge is 2.12. The van der Waals surface area contributed by atoms with Gasteiger partial charge in [-0.2, -0.15) is 0 Å². The van der Waals surface area contributed by atoms with Gasteiger partial charge in [0.05, 0.1) is 10.9 Å². The second kappa shape index (κ2) is 5.15. The van der Waals surface area contributed by atoms with Crippen molar-refractivity contribution in [3.63, 3.8) is 0 Å². The van der Waals surface area contributed by atoms with Crippen LogP contribution in [0.3, 0.4) is 0 Å². The van der Waals surface area contributed by atoms with Crippen molar-refractivity contribution in [1.29, 1.82) is 0 Å². The van der Waals surface area contributed by atoms with Gasteiger partial charge < -0.3 is 5.32 Å². The summed E-state index contributed by atoms with van der Waals surface area (Å²) >= 11 is 1.52. The number of amides is 1. The van der Waals surface area contributed by atoms with E-state index < -0.39 is 0 Å². The smallest absolute Gasteiger partial charge is 0.261 e. The highest BCUT2D eigenvalue weighted by atomic mass is 32.1.